The molecule has 4 fully saturated rings. The van der Waals surface area contributed by atoms with E-state index in [1.54, 1.807) is 6.92 Å². The van der Waals surface area contributed by atoms with E-state index in [1.165, 1.54) is 11.0 Å². The van der Waals surface area contributed by atoms with Gasteiger partial charge < -0.3 is 9.90 Å². The normalized spacial score (nSPS) is 44.4. The Balaban J connectivity index is 1.77. The molecule has 0 aromatic carbocycles. The predicted octanol–water partition coefficient (Wildman–Crippen LogP) is 0.390. The predicted molar refractivity (Wildman–Crippen MR) is 70.5 cm³/mol. The Bertz CT molecular complexity index is 591. The molecule has 0 N–H and O–H groups in total. The van der Waals surface area contributed by atoms with Crippen LogP contribution in [0.15, 0.2) is 11.6 Å². The maximum Gasteiger partial charge on any atom is 0.257 e. The molecular weight excluding hydrogens is 270 g/mol. The van der Waals surface area contributed by atoms with Crippen LogP contribution in [0.3, 0.4) is 0 Å². The topological polar surface area (TPSA) is 77.5 Å². The number of nitrogens with zero attached hydrogens (tertiary/aromatic N) is 1. The van der Waals surface area contributed by atoms with Crippen molar-refractivity contribution in [2.45, 2.75) is 51.0 Å². The number of carboxylic acids is 1. The van der Waals surface area contributed by atoms with Crippen LogP contribution in [0.1, 0.15) is 45.4 Å². The van der Waals surface area contributed by atoms with Gasteiger partial charge in [0.05, 0.1) is 5.54 Å². The largest absolute Gasteiger partial charge is 0.550 e. The van der Waals surface area contributed by atoms with E-state index in [0.29, 0.717) is 36.7 Å². The second-order valence-corrected chi connectivity index (χ2v) is 7.56. The molecule has 0 aromatic rings. The van der Waals surface area contributed by atoms with Crippen molar-refractivity contribution >= 4 is 17.8 Å². The second-order valence-electron chi connectivity index (χ2n) is 7.56. The van der Waals surface area contributed by atoms with Crippen molar-refractivity contribution < 1.29 is 19.5 Å². The third-order valence-electron chi connectivity index (χ3n) is 6.04. The molecule has 4 aliphatic carbocycles. The highest BCUT2D eigenvalue weighted by molar-refractivity contribution is 6.16. The fourth-order valence-electron chi connectivity index (χ4n) is 5.75. The molecule has 0 saturated heterocycles. The summed E-state index contributed by atoms with van der Waals surface area (Å²) in [6, 6.07) is 0. The Morgan fingerprint density at radius 2 is 1.86 bits per heavy atom. The lowest BCUT2D eigenvalue weighted by molar-refractivity contribution is -0.329. The third kappa shape index (κ3) is 1.54. The molecule has 5 aliphatic rings. The van der Waals surface area contributed by atoms with Crippen LogP contribution in [0.25, 0.3) is 0 Å². The number of carboxylic acid groups (broad SMARTS) is 1. The van der Waals surface area contributed by atoms with Crippen LogP contribution < -0.4 is 5.11 Å². The fourth-order valence-corrected chi connectivity index (χ4v) is 5.75. The molecule has 4 saturated carbocycles. The van der Waals surface area contributed by atoms with Gasteiger partial charge in [0.1, 0.15) is 0 Å². The van der Waals surface area contributed by atoms with Crippen LogP contribution in [-0.2, 0) is 14.4 Å². The van der Waals surface area contributed by atoms with E-state index in [4.69, 9.17) is 0 Å². The molecule has 2 unspecified atom stereocenters. The Morgan fingerprint density at radius 1 is 1.24 bits per heavy atom. The van der Waals surface area contributed by atoms with Crippen LogP contribution in [0.4, 0.5) is 0 Å². The molecule has 112 valence electrons. The molecule has 5 rings (SSSR count). The van der Waals surface area contributed by atoms with Gasteiger partial charge in [0.25, 0.3) is 11.8 Å². The lowest BCUT2D eigenvalue weighted by Gasteiger charge is -2.64. The van der Waals surface area contributed by atoms with Gasteiger partial charge in [-0.25, -0.2) is 0 Å². The summed E-state index contributed by atoms with van der Waals surface area (Å²) in [6.07, 6.45) is 5.61. The number of hydrogen-bond acceptors (Lipinski definition) is 4. The molecule has 1 heterocycles. The molecule has 4 bridgehead atoms. The molecule has 0 radical (unpaired) electrons. The highest BCUT2D eigenvalue weighted by Crippen LogP contribution is 2.63. The van der Waals surface area contributed by atoms with Crippen molar-refractivity contribution in [2.24, 2.45) is 17.3 Å². The number of hydrogen-bond donors (Lipinski definition) is 0. The monoisotopic (exact) mass is 288 g/mol. The van der Waals surface area contributed by atoms with Crippen LogP contribution in [0, 0.1) is 17.3 Å². The quantitative estimate of drug-likeness (QED) is 0.689. The highest BCUT2D eigenvalue weighted by atomic mass is 16.4. The number of aliphatic carboxylic acids is 1. The van der Waals surface area contributed by atoms with Gasteiger partial charge in [-0.15, -0.1) is 0 Å². The average Bonchev–Trinajstić information content (AvgIpc) is 2.61. The minimum atomic E-state index is -0.996. The van der Waals surface area contributed by atoms with Crippen molar-refractivity contribution in [3.8, 4) is 0 Å². The van der Waals surface area contributed by atoms with Crippen LogP contribution in [0.2, 0.25) is 0 Å². The van der Waals surface area contributed by atoms with Gasteiger partial charge in [-0.2, -0.15) is 0 Å². The summed E-state index contributed by atoms with van der Waals surface area (Å²) in [5, 5.41) is 11.7. The molecule has 5 nitrogen and oxygen atoms in total. The summed E-state index contributed by atoms with van der Waals surface area (Å²) >= 11 is 0. The van der Waals surface area contributed by atoms with Crippen molar-refractivity contribution in [2.75, 3.05) is 0 Å². The van der Waals surface area contributed by atoms with Gasteiger partial charge in [0.2, 0.25) is 0 Å². The van der Waals surface area contributed by atoms with E-state index in [0.717, 1.165) is 19.3 Å². The zero-order valence-electron chi connectivity index (χ0n) is 12.1. The molecule has 2 atom stereocenters. The highest BCUT2D eigenvalue weighted by Gasteiger charge is 2.62. The van der Waals surface area contributed by atoms with E-state index in [9.17, 15) is 19.5 Å². The Hall–Kier alpha value is -1.65. The summed E-state index contributed by atoms with van der Waals surface area (Å²) in [5.74, 6) is -0.913. The van der Waals surface area contributed by atoms with E-state index in [1.807, 2.05) is 0 Å². The van der Waals surface area contributed by atoms with Crippen molar-refractivity contribution in [3.63, 3.8) is 0 Å². The first kappa shape index (κ1) is 13.0. The maximum absolute atomic E-state index is 12.4. The number of amides is 2. The SMILES string of the molecule is CC1=CC(=O)N(C23CC4CC(CC(C(=O)[O-])(C4)C2)C3)C1=O. The number of carbonyl (C=O) groups excluding carboxylic acids is 3. The number of imide groups is 1. The van der Waals surface area contributed by atoms with E-state index in [2.05, 4.69) is 0 Å². The van der Waals surface area contributed by atoms with Gasteiger partial charge in [0.15, 0.2) is 0 Å². The van der Waals surface area contributed by atoms with Crippen molar-refractivity contribution in [1.29, 1.82) is 0 Å². The molecule has 5 heteroatoms. The molecular formula is C16H18NO4-. The zero-order chi connectivity index (χ0) is 15.0. The van der Waals surface area contributed by atoms with Crippen molar-refractivity contribution in [1.82, 2.24) is 4.90 Å². The summed E-state index contributed by atoms with van der Waals surface area (Å²) < 4.78 is 0. The summed E-state index contributed by atoms with van der Waals surface area (Å²) in [7, 11) is 0. The summed E-state index contributed by atoms with van der Waals surface area (Å²) in [4.78, 5) is 37.7. The Morgan fingerprint density at radius 3 is 2.33 bits per heavy atom. The van der Waals surface area contributed by atoms with E-state index < -0.39 is 16.9 Å². The average molecular weight is 288 g/mol. The summed E-state index contributed by atoms with van der Waals surface area (Å²) in [5.41, 5.74) is -0.966. The number of rotatable bonds is 2. The van der Waals surface area contributed by atoms with Gasteiger partial charge in [-0.05, 0) is 57.3 Å². The Labute approximate surface area is 123 Å². The molecule has 2 amide bonds. The first-order valence-corrected chi connectivity index (χ1v) is 7.64. The zero-order valence-corrected chi connectivity index (χ0v) is 12.1. The second kappa shape index (κ2) is 3.76. The van der Waals surface area contributed by atoms with Crippen molar-refractivity contribution in [3.05, 3.63) is 11.6 Å². The van der Waals surface area contributed by atoms with Gasteiger partial charge in [0, 0.05) is 23.0 Å². The van der Waals surface area contributed by atoms with E-state index in [-0.39, 0.29) is 11.8 Å². The van der Waals surface area contributed by atoms with Crippen LogP contribution in [0.5, 0.6) is 0 Å². The van der Waals surface area contributed by atoms with Crippen LogP contribution >= 0.6 is 0 Å². The van der Waals surface area contributed by atoms with Crippen LogP contribution in [-0.4, -0.2) is 28.2 Å². The smallest absolute Gasteiger partial charge is 0.257 e. The third-order valence-corrected chi connectivity index (χ3v) is 6.04. The van der Waals surface area contributed by atoms with Gasteiger partial charge in [-0.3, -0.25) is 14.5 Å². The van der Waals surface area contributed by atoms with Gasteiger partial charge >= 0.3 is 0 Å². The van der Waals surface area contributed by atoms with Gasteiger partial charge in [-0.1, -0.05) is 0 Å². The standard InChI is InChI=1S/C16H19NO4/c1-9-2-12(18)17(13(9)19)16-6-10-3-11(7-16)5-15(4-10,8-16)14(20)21/h2,10-11H,3-8H2,1H3,(H,20,21)/p-1. The van der Waals surface area contributed by atoms with E-state index >= 15 is 0 Å². The lowest BCUT2D eigenvalue weighted by Crippen LogP contribution is -2.67. The fraction of sp³-hybridized carbons (Fsp3) is 0.688. The summed E-state index contributed by atoms with van der Waals surface area (Å²) in [6.45, 7) is 1.65. The molecule has 1 aliphatic heterocycles. The number of carbonyl (C=O) groups is 3. The molecule has 0 aromatic heterocycles. The maximum atomic E-state index is 12.4. The minimum Gasteiger partial charge on any atom is -0.550 e. The first-order chi connectivity index (χ1) is 9.85. The minimum absolute atomic E-state index is 0.240. The first-order valence-electron chi connectivity index (χ1n) is 7.64. The molecule has 0 spiro atoms. The molecule has 21 heavy (non-hydrogen) atoms. The lowest BCUT2D eigenvalue weighted by atomic mass is 9.46. The Kier molecular flexibility index (Phi) is 2.33.